The van der Waals surface area contributed by atoms with Gasteiger partial charge in [-0.25, -0.2) is 9.83 Å². The zero-order valence-corrected chi connectivity index (χ0v) is 19.4. The molecule has 1 amide bonds. The molecule has 1 saturated heterocycles. The number of rotatable bonds is 6. The van der Waals surface area contributed by atoms with Gasteiger partial charge in [0.25, 0.3) is 0 Å². The number of carbonyl (C=O) groups is 1. The number of hydrogen-bond acceptors (Lipinski definition) is 7. The quantitative estimate of drug-likeness (QED) is 0.533. The fourth-order valence-electron chi connectivity index (χ4n) is 3.85. The molecule has 32 heavy (non-hydrogen) atoms. The predicted molar refractivity (Wildman–Crippen MR) is 126 cm³/mol. The van der Waals surface area contributed by atoms with Crippen molar-refractivity contribution in [1.82, 2.24) is 14.9 Å². The number of carbonyl (C=O) groups excluding carboxylic acids is 1. The van der Waals surface area contributed by atoms with Crippen LogP contribution in [0.5, 0.6) is 0 Å². The van der Waals surface area contributed by atoms with Crippen molar-refractivity contribution >= 4 is 29.2 Å². The number of pyridine rings is 2. The average Bonchev–Trinajstić information content (AvgIpc) is 3.00. The van der Waals surface area contributed by atoms with Crippen molar-refractivity contribution in [2.24, 2.45) is 5.73 Å². The average molecular weight is 450 g/mol. The van der Waals surface area contributed by atoms with E-state index in [0.29, 0.717) is 39.6 Å². The van der Waals surface area contributed by atoms with Gasteiger partial charge in [0.2, 0.25) is 11.6 Å². The molecule has 3 heterocycles. The monoisotopic (exact) mass is 449 g/mol. The van der Waals surface area contributed by atoms with E-state index < -0.39 is 11.2 Å². The molecule has 1 unspecified atom stereocenters. The Bertz CT molecular complexity index is 1090. The third-order valence-corrected chi connectivity index (χ3v) is 6.76. The summed E-state index contributed by atoms with van der Waals surface area (Å²) in [5, 5.41) is 9.63. The highest BCUT2D eigenvalue weighted by Crippen LogP contribution is 2.42. The third kappa shape index (κ3) is 5.01. The van der Waals surface area contributed by atoms with Gasteiger partial charge in [0, 0.05) is 32.0 Å². The van der Waals surface area contributed by atoms with Crippen LogP contribution in [-0.4, -0.2) is 54.0 Å². The van der Waals surface area contributed by atoms with E-state index in [0.717, 1.165) is 49.9 Å². The van der Waals surface area contributed by atoms with Crippen LogP contribution in [-0.2, 0) is 11.2 Å². The van der Waals surface area contributed by atoms with Crippen molar-refractivity contribution in [1.29, 1.82) is 5.26 Å². The number of anilines is 1. The Labute approximate surface area is 193 Å². The number of thioether (sulfide) groups is 1. The lowest BCUT2D eigenvalue weighted by molar-refractivity contribution is -0.117. The van der Waals surface area contributed by atoms with Crippen LogP contribution in [0.15, 0.2) is 23.5 Å². The summed E-state index contributed by atoms with van der Waals surface area (Å²) >= 11 is 1.15. The standard InChI is InChI=1S/C23H27N7OS/c1-5-17-18(12-24)23(32-20(21(25)31)16-11-15(2)13-27-14-16)28-22(19(17)26-3)30-8-6-7-29(4)9-10-30/h11,13-14,20H,5-10H2,1-2,4H3,(H2,25,31). The van der Waals surface area contributed by atoms with Gasteiger partial charge in [-0.15, -0.1) is 0 Å². The molecule has 9 heteroatoms. The number of primary amides is 1. The van der Waals surface area contributed by atoms with Gasteiger partial charge >= 0.3 is 0 Å². The van der Waals surface area contributed by atoms with Gasteiger partial charge in [-0.05, 0) is 50.0 Å². The minimum absolute atomic E-state index is 0.339. The molecule has 0 radical (unpaired) electrons. The molecule has 166 valence electrons. The molecular weight excluding hydrogens is 422 g/mol. The molecule has 2 aromatic heterocycles. The summed E-state index contributed by atoms with van der Waals surface area (Å²) in [5.41, 5.74) is 8.74. The Kier molecular flexibility index (Phi) is 7.68. The minimum atomic E-state index is -0.742. The summed E-state index contributed by atoms with van der Waals surface area (Å²) in [6, 6.07) is 4.09. The van der Waals surface area contributed by atoms with Crippen molar-refractivity contribution in [3.63, 3.8) is 0 Å². The van der Waals surface area contributed by atoms with Gasteiger partial charge in [0.1, 0.15) is 22.2 Å². The van der Waals surface area contributed by atoms with Crippen molar-refractivity contribution in [3.05, 3.63) is 52.1 Å². The first-order valence-electron chi connectivity index (χ1n) is 10.5. The molecule has 1 aliphatic heterocycles. The van der Waals surface area contributed by atoms with Crippen LogP contribution in [0.2, 0.25) is 0 Å². The molecule has 0 aromatic carbocycles. The first-order valence-corrected chi connectivity index (χ1v) is 11.4. The first-order chi connectivity index (χ1) is 15.4. The molecule has 1 aliphatic rings. The van der Waals surface area contributed by atoms with Crippen LogP contribution in [0.3, 0.4) is 0 Å². The SMILES string of the molecule is [C-]#[N+]c1c(N2CCCN(C)CC2)nc(SC(C(N)=O)c2cncc(C)c2)c(C#N)c1CC. The highest BCUT2D eigenvalue weighted by atomic mass is 32.2. The topological polar surface area (TPSA) is 104 Å². The van der Waals surface area contributed by atoms with Crippen molar-refractivity contribution in [3.8, 4) is 6.07 Å². The summed E-state index contributed by atoms with van der Waals surface area (Å²) in [4.78, 5) is 29.5. The lowest BCUT2D eigenvalue weighted by Crippen LogP contribution is -2.30. The maximum atomic E-state index is 12.4. The van der Waals surface area contributed by atoms with Gasteiger partial charge < -0.3 is 15.5 Å². The second-order valence-corrected chi connectivity index (χ2v) is 8.95. The van der Waals surface area contributed by atoms with E-state index in [9.17, 15) is 10.1 Å². The second-order valence-electron chi connectivity index (χ2n) is 7.86. The summed E-state index contributed by atoms with van der Waals surface area (Å²) in [6.07, 6.45) is 4.80. The number of nitriles is 1. The fraction of sp³-hybridized carbons (Fsp3) is 0.435. The number of aromatic nitrogens is 2. The summed E-state index contributed by atoms with van der Waals surface area (Å²) in [5.74, 6) is 0.0533. The summed E-state index contributed by atoms with van der Waals surface area (Å²) in [6.45, 7) is 15.0. The van der Waals surface area contributed by atoms with Crippen LogP contribution in [0, 0.1) is 24.8 Å². The molecule has 1 atom stereocenters. The zero-order valence-electron chi connectivity index (χ0n) is 18.6. The Morgan fingerprint density at radius 1 is 1.38 bits per heavy atom. The summed E-state index contributed by atoms with van der Waals surface area (Å²) in [7, 11) is 2.08. The molecule has 2 N–H and O–H groups in total. The van der Waals surface area contributed by atoms with Gasteiger partial charge in [-0.2, -0.15) is 5.26 Å². The van der Waals surface area contributed by atoms with Crippen LogP contribution < -0.4 is 10.6 Å². The summed E-state index contributed by atoms with van der Waals surface area (Å²) < 4.78 is 0. The normalized spacial score (nSPS) is 15.5. The van der Waals surface area contributed by atoms with Crippen LogP contribution in [0.1, 0.15) is 40.8 Å². The van der Waals surface area contributed by atoms with E-state index >= 15 is 0 Å². The molecule has 1 fully saturated rings. The van der Waals surface area contributed by atoms with E-state index in [1.165, 1.54) is 0 Å². The van der Waals surface area contributed by atoms with E-state index in [2.05, 4.69) is 32.7 Å². The molecule has 0 aliphatic carbocycles. The highest BCUT2D eigenvalue weighted by Gasteiger charge is 2.28. The Morgan fingerprint density at radius 2 is 2.16 bits per heavy atom. The third-order valence-electron chi connectivity index (χ3n) is 5.50. The lowest BCUT2D eigenvalue weighted by Gasteiger charge is -2.26. The maximum absolute atomic E-state index is 12.4. The minimum Gasteiger partial charge on any atom is -0.368 e. The second kappa shape index (κ2) is 10.4. The van der Waals surface area contributed by atoms with Gasteiger partial charge in [0.05, 0.1) is 12.1 Å². The van der Waals surface area contributed by atoms with Crippen LogP contribution in [0.4, 0.5) is 11.5 Å². The molecule has 8 nitrogen and oxygen atoms in total. The Balaban J connectivity index is 2.13. The number of hydrogen-bond donors (Lipinski definition) is 1. The van der Waals surface area contributed by atoms with Crippen molar-refractivity contribution < 1.29 is 4.79 Å². The largest absolute Gasteiger partial charge is 0.368 e. The number of amides is 1. The fourth-order valence-corrected chi connectivity index (χ4v) is 4.88. The van der Waals surface area contributed by atoms with Crippen molar-refractivity contribution in [2.45, 2.75) is 37.0 Å². The van der Waals surface area contributed by atoms with Crippen LogP contribution >= 0.6 is 11.8 Å². The first kappa shape index (κ1) is 23.5. The number of likely N-dealkylation sites (N-methyl/N-ethyl adjacent to an activating group) is 1. The van der Waals surface area contributed by atoms with Gasteiger partial charge in [0.15, 0.2) is 0 Å². The smallest absolute Gasteiger partial charge is 0.235 e. The number of nitrogens with zero attached hydrogens (tertiary/aromatic N) is 6. The van der Waals surface area contributed by atoms with E-state index in [1.54, 1.807) is 12.4 Å². The number of nitrogens with two attached hydrogens (primary N) is 1. The molecular formula is C23H27N7OS. The van der Waals surface area contributed by atoms with E-state index in [-0.39, 0.29) is 0 Å². The van der Waals surface area contributed by atoms with Gasteiger partial charge in [-0.1, -0.05) is 24.8 Å². The van der Waals surface area contributed by atoms with Crippen LogP contribution in [0.25, 0.3) is 4.85 Å². The molecule has 2 aromatic rings. The molecule has 0 saturated carbocycles. The number of aryl methyl sites for hydroxylation is 1. The molecule has 0 spiro atoms. The van der Waals surface area contributed by atoms with E-state index in [4.69, 9.17) is 17.3 Å². The van der Waals surface area contributed by atoms with Gasteiger partial charge in [-0.3, -0.25) is 9.78 Å². The van der Waals surface area contributed by atoms with Crippen molar-refractivity contribution in [2.75, 3.05) is 38.1 Å². The molecule has 0 bridgehead atoms. The highest BCUT2D eigenvalue weighted by molar-refractivity contribution is 8.00. The lowest BCUT2D eigenvalue weighted by atomic mass is 10.1. The Morgan fingerprint density at radius 3 is 2.78 bits per heavy atom. The Hall–Kier alpha value is -3.14. The van der Waals surface area contributed by atoms with E-state index in [1.807, 2.05) is 19.9 Å². The maximum Gasteiger partial charge on any atom is 0.235 e. The molecule has 3 rings (SSSR count). The predicted octanol–water partition coefficient (Wildman–Crippen LogP) is 3.23. The zero-order chi connectivity index (χ0) is 23.3.